The lowest BCUT2D eigenvalue weighted by atomic mass is 10.0. The Morgan fingerprint density at radius 1 is 1.46 bits per heavy atom. The number of hydrogen-bond acceptors (Lipinski definition) is 2. The van der Waals surface area contributed by atoms with E-state index in [0.717, 1.165) is 28.8 Å². The van der Waals surface area contributed by atoms with Gasteiger partial charge in [-0.3, -0.25) is 0 Å². The zero-order chi connectivity index (χ0) is 8.55. The molecular weight excluding hydrogens is 253 g/mol. The summed E-state index contributed by atoms with van der Waals surface area (Å²) in [5.74, 6) is 0.920. The van der Waals surface area contributed by atoms with E-state index in [1.54, 1.807) is 0 Å². The summed E-state index contributed by atoms with van der Waals surface area (Å²) in [5.41, 5.74) is 7.02. The first-order valence-corrected chi connectivity index (χ1v) is 4.74. The number of nitrogens with two attached hydrogens (primary N) is 1. The molecule has 1 aromatic rings. The maximum atomic E-state index is 5.90. The van der Waals surface area contributed by atoms with Crippen molar-refractivity contribution in [2.45, 2.75) is 12.5 Å². The van der Waals surface area contributed by atoms with Crippen molar-refractivity contribution in [1.82, 2.24) is 0 Å². The maximum Gasteiger partial charge on any atom is 0.125 e. The van der Waals surface area contributed by atoms with Gasteiger partial charge in [0.25, 0.3) is 0 Å². The summed E-state index contributed by atoms with van der Waals surface area (Å²) in [6.45, 7) is 0.727. The Morgan fingerprint density at radius 2 is 2.23 bits per heavy atom. The highest BCUT2D eigenvalue weighted by atomic mass is 79.9. The van der Waals surface area contributed by atoms with Gasteiger partial charge in [0.05, 0.1) is 6.61 Å². The molecule has 2 rings (SSSR count). The number of halogens is 2. The van der Waals surface area contributed by atoms with Crippen LogP contribution < -0.4 is 10.5 Å². The second-order valence-corrected chi connectivity index (χ2v) is 3.84. The average Bonchev–Trinajstić information content (AvgIpc) is 2.04. The standard InChI is InChI=1S/C9H10BrNO.ClH/c10-6-1-2-7-8(11)3-4-12-9(7)5-6;/h1-2,5,8H,3-4,11H2;1H/t8-;/m0./s1. The fourth-order valence-electron chi connectivity index (χ4n) is 1.39. The molecular formula is C9H11BrClNO. The minimum atomic E-state index is 0. The average molecular weight is 265 g/mol. The maximum absolute atomic E-state index is 5.90. The van der Waals surface area contributed by atoms with Gasteiger partial charge in [-0.05, 0) is 12.1 Å². The molecule has 1 heterocycles. The first-order chi connectivity index (χ1) is 5.77. The molecule has 0 saturated carbocycles. The van der Waals surface area contributed by atoms with Crippen LogP contribution in [0.4, 0.5) is 0 Å². The predicted octanol–water partition coefficient (Wildman–Crippen LogP) is 2.65. The lowest BCUT2D eigenvalue weighted by molar-refractivity contribution is 0.269. The number of ether oxygens (including phenoxy) is 1. The number of rotatable bonds is 0. The van der Waals surface area contributed by atoms with Crippen LogP contribution in [-0.2, 0) is 0 Å². The highest BCUT2D eigenvalue weighted by Crippen LogP contribution is 2.32. The fourth-order valence-corrected chi connectivity index (χ4v) is 1.73. The van der Waals surface area contributed by atoms with Crippen molar-refractivity contribution in [3.63, 3.8) is 0 Å². The summed E-state index contributed by atoms with van der Waals surface area (Å²) in [7, 11) is 0. The summed E-state index contributed by atoms with van der Waals surface area (Å²) in [6.07, 6.45) is 0.911. The third-order valence-electron chi connectivity index (χ3n) is 2.06. The zero-order valence-corrected chi connectivity index (χ0v) is 9.40. The smallest absolute Gasteiger partial charge is 0.125 e. The molecule has 4 heteroatoms. The molecule has 13 heavy (non-hydrogen) atoms. The summed E-state index contributed by atoms with van der Waals surface area (Å²) < 4.78 is 6.50. The van der Waals surface area contributed by atoms with Crippen molar-refractivity contribution in [2.75, 3.05) is 6.61 Å². The van der Waals surface area contributed by atoms with E-state index < -0.39 is 0 Å². The summed E-state index contributed by atoms with van der Waals surface area (Å²) in [5, 5.41) is 0. The van der Waals surface area contributed by atoms with Crippen LogP contribution in [0.3, 0.4) is 0 Å². The summed E-state index contributed by atoms with van der Waals surface area (Å²) in [6, 6.07) is 6.12. The molecule has 0 unspecified atom stereocenters. The minimum Gasteiger partial charge on any atom is -0.493 e. The van der Waals surface area contributed by atoms with E-state index in [1.807, 2.05) is 18.2 Å². The molecule has 0 radical (unpaired) electrons. The van der Waals surface area contributed by atoms with E-state index in [2.05, 4.69) is 15.9 Å². The van der Waals surface area contributed by atoms with Gasteiger partial charge in [-0.25, -0.2) is 0 Å². The van der Waals surface area contributed by atoms with Crippen molar-refractivity contribution in [1.29, 1.82) is 0 Å². The van der Waals surface area contributed by atoms with E-state index >= 15 is 0 Å². The van der Waals surface area contributed by atoms with Crippen molar-refractivity contribution >= 4 is 28.3 Å². The zero-order valence-electron chi connectivity index (χ0n) is 7.00. The first-order valence-electron chi connectivity index (χ1n) is 3.95. The largest absolute Gasteiger partial charge is 0.493 e. The van der Waals surface area contributed by atoms with Crippen molar-refractivity contribution < 1.29 is 4.74 Å². The van der Waals surface area contributed by atoms with Gasteiger partial charge in [0.15, 0.2) is 0 Å². The van der Waals surface area contributed by atoms with Gasteiger partial charge in [-0.2, -0.15) is 0 Å². The SMILES string of the molecule is Cl.N[C@H]1CCOc2cc(Br)ccc21. The van der Waals surface area contributed by atoms with Gasteiger partial charge in [0, 0.05) is 22.5 Å². The lowest BCUT2D eigenvalue weighted by Crippen LogP contribution is -2.20. The Labute approximate surface area is 92.0 Å². The molecule has 0 amide bonds. The molecule has 1 aliphatic rings. The van der Waals surface area contributed by atoms with Gasteiger partial charge in [-0.15, -0.1) is 12.4 Å². The third kappa shape index (κ3) is 2.16. The van der Waals surface area contributed by atoms with Crippen LogP contribution in [-0.4, -0.2) is 6.61 Å². The van der Waals surface area contributed by atoms with Gasteiger partial charge in [0.1, 0.15) is 5.75 Å². The molecule has 72 valence electrons. The number of hydrogen-bond donors (Lipinski definition) is 1. The summed E-state index contributed by atoms with van der Waals surface area (Å²) >= 11 is 3.39. The monoisotopic (exact) mass is 263 g/mol. The van der Waals surface area contributed by atoms with E-state index in [9.17, 15) is 0 Å². The van der Waals surface area contributed by atoms with Crippen LogP contribution in [0.15, 0.2) is 22.7 Å². The molecule has 0 saturated heterocycles. The normalized spacial score (nSPS) is 19.7. The Morgan fingerprint density at radius 3 is 3.00 bits per heavy atom. The molecule has 1 atom stereocenters. The van der Waals surface area contributed by atoms with Crippen LogP contribution in [0.1, 0.15) is 18.0 Å². The minimum absolute atomic E-state index is 0. The highest BCUT2D eigenvalue weighted by molar-refractivity contribution is 9.10. The first kappa shape index (κ1) is 10.8. The molecule has 2 N–H and O–H groups in total. The topological polar surface area (TPSA) is 35.2 Å². The lowest BCUT2D eigenvalue weighted by Gasteiger charge is -2.22. The van der Waals surface area contributed by atoms with Gasteiger partial charge in [0.2, 0.25) is 0 Å². The van der Waals surface area contributed by atoms with Crippen LogP contribution in [0.5, 0.6) is 5.75 Å². The molecule has 0 bridgehead atoms. The second kappa shape index (κ2) is 4.31. The van der Waals surface area contributed by atoms with Gasteiger partial charge < -0.3 is 10.5 Å². The molecule has 0 spiro atoms. The Hall–Kier alpha value is -0.250. The molecule has 1 aliphatic heterocycles. The predicted molar refractivity (Wildman–Crippen MR) is 58.4 cm³/mol. The van der Waals surface area contributed by atoms with Gasteiger partial charge >= 0.3 is 0 Å². The Bertz CT molecular complexity index is 306. The Balaban J connectivity index is 0.000000845. The highest BCUT2D eigenvalue weighted by Gasteiger charge is 2.17. The molecule has 1 aromatic carbocycles. The van der Waals surface area contributed by atoms with E-state index in [-0.39, 0.29) is 18.4 Å². The second-order valence-electron chi connectivity index (χ2n) is 2.93. The third-order valence-corrected chi connectivity index (χ3v) is 2.55. The van der Waals surface area contributed by atoms with Crippen LogP contribution in [0.25, 0.3) is 0 Å². The molecule has 0 fully saturated rings. The van der Waals surface area contributed by atoms with Crippen LogP contribution in [0, 0.1) is 0 Å². The van der Waals surface area contributed by atoms with Crippen molar-refractivity contribution in [3.05, 3.63) is 28.2 Å². The summed E-state index contributed by atoms with van der Waals surface area (Å²) in [4.78, 5) is 0. The van der Waals surface area contributed by atoms with Gasteiger partial charge in [-0.1, -0.05) is 22.0 Å². The number of benzene rings is 1. The van der Waals surface area contributed by atoms with E-state index in [0.29, 0.717) is 0 Å². The van der Waals surface area contributed by atoms with Crippen molar-refractivity contribution in [3.8, 4) is 5.75 Å². The number of fused-ring (bicyclic) bond motifs is 1. The van der Waals surface area contributed by atoms with Crippen molar-refractivity contribution in [2.24, 2.45) is 5.73 Å². The van der Waals surface area contributed by atoms with Crippen LogP contribution >= 0.6 is 28.3 Å². The molecule has 2 nitrogen and oxygen atoms in total. The molecule has 0 aliphatic carbocycles. The van der Waals surface area contributed by atoms with E-state index in [1.165, 1.54) is 0 Å². The van der Waals surface area contributed by atoms with Crippen LogP contribution in [0.2, 0.25) is 0 Å². The van der Waals surface area contributed by atoms with E-state index in [4.69, 9.17) is 10.5 Å². The molecule has 0 aromatic heterocycles. The Kier molecular flexibility index (Phi) is 3.59. The quantitative estimate of drug-likeness (QED) is 0.782. The fraction of sp³-hybridized carbons (Fsp3) is 0.333.